The summed E-state index contributed by atoms with van der Waals surface area (Å²) in [4.78, 5) is 32.1. The molecule has 2 N–H and O–H groups in total. The average molecular weight is 553 g/mol. The summed E-state index contributed by atoms with van der Waals surface area (Å²) in [6.45, 7) is 6.68. The highest BCUT2D eigenvalue weighted by molar-refractivity contribution is 6.30. The lowest BCUT2D eigenvalue weighted by molar-refractivity contribution is -0.143. The fourth-order valence-electron chi connectivity index (χ4n) is 5.18. The van der Waals surface area contributed by atoms with Crippen molar-refractivity contribution in [1.82, 2.24) is 15.6 Å². The van der Waals surface area contributed by atoms with Gasteiger partial charge in [-0.15, -0.1) is 0 Å². The third kappa shape index (κ3) is 6.17. The third-order valence-electron chi connectivity index (χ3n) is 6.92. The normalized spacial score (nSPS) is 21.4. The first kappa shape index (κ1) is 28.0. The van der Waals surface area contributed by atoms with Gasteiger partial charge in [0.1, 0.15) is 11.6 Å². The largest absolute Gasteiger partial charge is 0.477 e. The van der Waals surface area contributed by atoms with Crippen LogP contribution in [0.5, 0.6) is 5.75 Å². The van der Waals surface area contributed by atoms with Crippen LogP contribution in [0.25, 0.3) is 0 Å². The molecule has 2 fully saturated rings. The zero-order chi connectivity index (χ0) is 27.8. The fraction of sp³-hybridized carbons (Fsp3) is 0.519. The summed E-state index contributed by atoms with van der Waals surface area (Å²) >= 11 is 5.75. The molecule has 2 amide bonds. The van der Waals surface area contributed by atoms with E-state index >= 15 is 0 Å². The molecule has 2 unspecified atom stereocenters. The number of carbonyl (C=O) groups excluding carboxylic acids is 2. The van der Waals surface area contributed by atoms with E-state index in [1.807, 2.05) is 19.9 Å². The molecule has 38 heavy (non-hydrogen) atoms. The lowest BCUT2D eigenvalue weighted by Gasteiger charge is -2.41. The molecule has 0 radical (unpaired) electrons. The first-order valence-electron chi connectivity index (χ1n) is 12.7. The lowest BCUT2D eigenvalue weighted by atomic mass is 9.96. The summed E-state index contributed by atoms with van der Waals surface area (Å²) in [5.41, 5.74) is -2.08. The van der Waals surface area contributed by atoms with E-state index in [1.54, 1.807) is 12.3 Å². The summed E-state index contributed by atoms with van der Waals surface area (Å²) in [6, 6.07) is 7.00. The summed E-state index contributed by atoms with van der Waals surface area (Å²) in [7, 11) is 0. The van der Waals surface area contributed by atoms with Crippen molar-refractivity contribution in [1.29, 1.82) is 0 Å². The Hall–Kier alpha value is -3.01. The molecule has 2 bridgehead atoms. The Balaban J connectivity index is 1.40. The minimum Gasteiger partial charge on any atom is -0.477 e. The molecule has 0 aliphatic carbocycles. The van der Waals surface area contributed by atoms with E-state index in [0.29, 0.717) is 18.4 Å². The molecular weight excluding hydrogens is 521 g/mol. The molecule has 1 aromatic carbocycles. The second-order valence-electron chi connectivity index (χ2n) is 10.7. The fourth-order valence-corrected chi connectivity index (χ4v) is 5.35. The molecule has 2 saturated heterocycles. The van der Waals surface area contributed by atoms with Gasteiger partial charge in [0.25, 0.3) is 11.8 Å². The molecule has 2 atom stereocenters. The molecule has 0 spiro atoms. The molecule has 1 aromatic heterocycles. The van der Waals surface area contributed by atoms with Crippen molar-refractivity contribution in [3.63, 3.8) is 0 Å². The van der Waals surface area contributed by atoms with Crippen LogP contribution < -0.4 is 20.3 Å². The number of hydrogen-bond acceptors (Lipinski definition) is 5. The van der Waals surface area contributed by atoms with Gasteiger partial charge >= 0.3 is 6.18 Å². The van der Waals surface area contributed by atoms with Gasteiger partial charge < -0.3 is 20.3 Å². The van der Waals surface area contributed by atoms with Gasteiger partial charge in [0, 0.05) is 35.4 Å². The van der Waals surface area contributed by atoms with Crippen molar-refractivity contribution in [3.8, 4) is 5.75 Å². The van der Waals surface area contributed by atoms with E-state index in [2.05, 4.69) is 20.5 Å². The number of pyridine rings is 1. The number of piperidine rings is 1. The second kappa shape index (κ2) is 10.6. The summed E-state index contributed by atoms with van der Waals surface area (Å²) in [6.07, 6.45) is 0.117. The predicted octanol–water partition coefficient (Wildman–Crippen LogP) is 5.37. The average Bonchev–Trinajstić information content (AvgIpc) is 3.09. The van der Waals surface area contributed by atoms with Gasteiger partial charge in [0.05, 0.1) is 11.1 Å². The van der Waals surface area contributed by atoms with Gasteiger partial charge in [-0.25, -0.2) is 4.98 Å². The topological polar surface area (TPSA) is 83.6 Å². The molecular formula is C27H32ClF3N4O3. The maximum absolute atomic E-state index is 13.5. The number of anilines is 1. The number of benzene rings is 1. The molecule has 2 aromatic rings. The van der Waals surface area contributed by atoms with Gasteiger partial charge in [-0.2, -0.15) is 13.2 Å². The maximum atomic E-state index is 13.5. The van der Waals surface area contributed by atoms with Crippen molar-refractivity contribution in [2.75, 3.05) is 4.90 Å². The smallest absolute Gasteiger partial charge is 0.420 e. The minimum atomic E-state index is -4.68. The van der Waals surface area contributed by atoms with Crippen molar-refractivity contribution >= 4 is 29.2 Å². The van der Waals surface area contributed by atoms with Crippen LogP contribution in [-0.2, 0) is 11.0 Å². The highest BCUT2D eigenvalue weighted by Gasteiger charge is 2.44. The van der Waals surface area contributed by atoms with Crippen molar-refractivity contribution < 1.29 is 27.5 Å². The van der Waals surface area contributed by atoms with Gasteiger partial charge in [-0.05, 0) is 83.7 Å². The van der Waals surface area contributed by atoms with Gasteiger partial charge in [-0.3, -0.25) is 9.59 Å². The third-order valence-corrected chi connectivity index (χ3v) is 7.16. The number of nitrogens with one attached hydrogen (secondary N) is 2. The minimum absolute atomic E-state index is 0.0283. The Morgan fingerprint density at radius 2 is 1.76 bits per heavy atom. The standard InChI is InChI=1S/C27H32ClF3N4O3/c1-15(2)33-24(36)16-5-10-23(32-14-16)35-19-7-8-20(35)13-18(12-19)34-25(37)26(3,4)38-22-9-6-17(28)11-21(22)27(29,30)31/h5-6,9-11,14-15,18-20H,7-8,12-13H2,1-4H3,(H,33,36)(H,34,37). The van der Waals surface area contributed by atoms with Crippen LogP contribution in [0.1, 0.15) is 69.3 Å². The van der Waals surface area contributed by atoms with Crippen molar-refractivity contribution in [2.45, 2.75) is 89.3 Å². The number of ether oxygens (including phenoxy) is 1. The number of fused-ring (bicyclic) bond motifs is 2. The Kier molecular flexibility index (Phi) is 7.84. The number of alkyl halides is 3. The van der Waals surface area contributed by atoms with Crippen molar-refractivity contribution in [3.05, 3.63) is 52.7 Å². The lowest BCUT2D eigenvalue weighted by Crippen LogP contribution is -2.55. The van der Waals surface area contributed by atoms with Crippen molar-refractivity contribution in [2.24, 2.45) is 0 Å². The number of halogens is 4. The van der Waals surface area contributed by atoms with Gasteiger partial charge in [0.2, 0.25) is 0 Å². The zero-order valence-electron chi connectivity index (χ0n) is 21.7. The number of amides is 2. The van der Waals surface area contributed by atoms with Crippen LogP contribution in [0.3, 0.4) is 0 Å². The molecule has 4 rings (SSSR count). The van der Waals surface area contributed by atoms with Crippen LogP contribution in [-0.4, -0.2) is 46.6 Å². The van der Waals surface area contributed by atoms with E-state index < -0.39 is 29.0 Å². The van der Waals surface area contributed by atoms with Crippen LogP contribution in [0.4, 0.5) is 19.0 Å². The Morgan fingerprint density at radius 1 is 1.11 bits per heavy atom. The van der Waals surface area contributed by atoms with Crippen LogP contribution >= 0.6 is 11.6 Å². The van der Waals surface area contributed by atoms with Crippen LogP contribution in [0, 0.1) is 0 Å². The number of rotatable bonds is 7. The SMILES string of the molecule is CC(C)NC(=O)c1ccc(N2C3CCC2CC(NC(=O)C(C)(C)Oc2ccc(Cl)cc2C(F)(F)F)C3)nc1. The van der Waals surface area contributed by atoms with E-state index in [1.165, 1.54) is 19.9 Å². The van der Waals surface area contributed by atoms with Crippen LogP contribution in [0.2, 0.25) is 5.02 Å². The van der Waals surface area contributed by atoms with E-state index in [9.17, 15) is 22.8 Å². The quantitative estimate of drug-likeness (QED) is 0.483. The summed E-state index contributed by atoms with van der Waals surface area (Å²) in [5.74, 6) is -0.325. The van der Waals surface area contributed by atoms with Crippen LogP contribution in [0.15, 0.2) is 36.5 Å². The Morgan fingerprint density at radius 3 is 2.32 bits per heavy atom. The van der Waals surface area contributed by atoms with Gasteiger partial charge in [-0.1, -0.05) is 11.6 Å². The summed E-state index contributed by atoms with van der Waals surface area (Å²) < 4.78 is 46.1. The monoisotopic (exact) mass is 552 g/mol. The maximum Gasteiger partial charge on any atom is 0.420 e. The zero-order valence-corrected chi connectivity index (χ0v) is 22.5. The predicted molar refractivity (Wildman–Crippen MR) is 138 cm³/mol. The number of carbonyl (C=O) groups is 2. The molecule has 2 aliphatic heterocycles. The first-order valence-corrected chi connectivity index (χ1v) is 13.0. The first-order chi connectivity index (χ1) is 17.7. The Bertz CT molecular complexity index is 1170. The summed E-state index contributed by atoms with van der Waals surface area (Å²) in [5, 5.41) is 5.77. The number of aromatic nitrogens is 1. The van der Waals surface area contributed by atoms with E-state index in [-0.39, 0.29) is 35.1 Å². The number of hydrogen-bond donors (Lipinski definition) is 2. The molecule has 7 nitrogen and oxygen atoms in total. The molecule has 2 aliphatic rings. The molecule has 11 heteroatoms. The van der Waals surface area contributed by atoms with E-state index in [4.69, 9.17) is 16.3 Å². The number of nitrogens with zero attached hydrogens (tertiary/aromatic N) is 2. The van der Waals surface area contributed by atoms with E-state index in [0.717, 1.165) is 30.8 Å². The highest BCUT2D eigenvalue weighted by atomic mass is 35.5. The second-order valence-corrected chi connectivity index (χ2v) is 11.2. The highest BCUT2D eigenvalue weighted by Crippen LogP contribution is 2.40. The molecule has 206 valence electrons. The molecule has 3 heterocycles. The Labute approximate surface area is 225 Å². The van der Waals surface area contributed by atoms with Gasteiger partial charge in [0.15, 0.2) is 5.60 Å². The molecule has 0 saturated carbocycles.